The van der Waals surface area contributed by atoms with Crippen LogP contribution in [0.3, 0.4) is 0 Å². The first-order valence-electron chi connectivity index (χ1n) is 4.81. The van der Waals surface area contributed by atoms with Crippen molar-refractivity contribution in [2.24, 2.45) is 17.3 Å². The Morgan fingerprint density at radius 2 is 2.27 bits per heavy atom. The molecule has 1 heteroatoms. The first kappa shape index (κ1) is 7.60. The van der Waals surface area contributed by atoms with Crippen molar-refractivity contribution < 1.29 is 0 Å². The monoisotopic (exact) mass is 153 g/mol. The van der Waals surface area contributed by atoms with E-state index in [2.05, 4.69) is 25.8 Å². The van der Waals surface area contributed by atoms with Gasteiger partial charge in [-0.05, 0) is 37.1 Å². The summed E-state index contributed by atoms with van der Waals surface area (Å²) < 4.78 is 0. The number of rotatable bonds is 2. The molecule has 2 fully saturated rings. The molecule has 0 amide bonds. The fraction of sp³-hybridized carbons (Fsp3) is 1.00. The molecule has 2 rings (SSSR count). The van der Waals surface area contributed by atoms with Crippen LogP contribution in [0.25, 0.3) is 0 Å². The maximum absolute atomic E-state index is 2.50. The molecule has 0 bridgehead atoms. The van der Waals surface area contributed by atoms with Crippen LogP contribution < -0.4 is 0 Å². The molecule has 1 aliphatic heterocycles. The summed E-state index contributed by atoms with van der Waals surface area (Å²) in [6.07, 6.45) is 2.98. The zero-order chi connectivity index (χ0) is 8.06. The predicted molar refractivity (Wildman–Crippen MR) is 47.5 cm³/mol. The van der Waals surface area contributed by atoms with Gasteiger partial charge in [-0.1, -0.05) is 13.8 Å². The number of nitrogens with zero attached hydrogens (tertiary/aromatic N) is 1. The van der Waals surface area contributed by atoms with Crippen molar-refractivity contribution in [3.8, 4) is 0 Å². The molecule has 0 aromatic carbocycles. The van der Waals surface area contributed by atoms with Gasteiger partial charge in [0.2, 0.25) is 0 Å². The fourth-order valence-electron chi connectivity index (χ4n) is 2.99. The second kappa shape index (κ2) is 2.22. The van der Waals surface area contributed by atoms with E-state index in [0.717, 1.165) is 17.3 Å². The maximum Gasteiger partial charge on any atom is 0.00384 e. The molecular weight excluding hydrogens is 134 g/mol. The molecular formula is C10H19N. The molecule has 0 aromatic rings. The van der Waals surface area contributed by atoms with E-state index in [1.165, 1.54) is 25.9 Å². The molecule has 1 saturated heterocycles. The van der Waals surface area contributed by atoms with E-state index in [-0.39, 0.29) is 0 Å². The van der Waals surface area contributed by atoms with Crippen LogP contribution in [0.15, 0.2) is 0 Å². The molecule has 0 aromatic heterocycles. The average molecular weight is 153 g/mol. The van der Waals surface area contributed by atoms with Crippen LogP contribution in [0.2, 0.25) is 0 Å². The molecule has 2 atom stereocenters. The number of hydrogen-bond donors (Lipinski definition) is 0. The van der Waals surface area contributed by atoms with Gasteiger partial charge in [0.25, 0.3) is 0 Å². The van der Waals surface area contributed by atoms with Gasteiger partial charge in [0.15, 0.2) is 0 Å². The Hall–Kier alpha value is -0.0400. The lowest BCUT2D eigenvalue weighted by molar-refractivity contribution is 0.306. The molecule has 1 saturated carbocycles. The number of fused-ring (bicyclic) bond motifs is 1. The lowest BCUT2D eigenvalue weighted by Gasteiger charge is -2.17. The van der Waals surface area contributed by atoms with Gasteiger partial charge >= 0.3 is 0 Å². The van der Waals surface area contributed by atoms with Crippen LogP contribution >= 0.6 is 0 Å². The minimum absolute atomic E-state index is 0.781. The van der Waals surface area contributed by atoms with Crippen LogP contribution in [0.5, 0.6) is 0 Å². The summed E-state index contributed by atoms with van der Waals surface area (Å²) in [5.41, 5.74) is 0.781. The zero-order valence-electron chi connectivity index (χ0n) is 7.93. The van der Waals surface area contributed by atoms with Crippen molar-refractivity contribution in [3.63, 3.8) is 0 Å². The third-order valence-electron chi connectivity index (χ3n) is 3.29. The quantitative estimate of drug-likeness (QED) is 0.586. The second-order valence-corrected chi connectivity index (χ2v) is 5.06. The average Bonchev–Trinajstić information content (AvgIpc) is 2.32. The van der Waals surface area contributed by atoms with Gasteiger partial charge in [0, 0.05) is 13.1 Å². The first-order valence-corrected chi connectivity index (χ1v) is 4.81. The van der Waals surface area contributed by atoms with Gasteiger partial charge in [-0.2, -0.15) is 0 Å². The molecule has 1 heterocycles. The minimum Gasteiger partial charge on any atom is -0.306 e. The highest BCUT2D eigenvalue weighted by Gasteiger charge is 2.58. The van der Waals surface area contributed by atoms with Crippen LogP contribution in [0.1, 0.15) is 26.7 Å². The molecule has 11 heavy (non-hydrogen) atoms. The normalized spacial score (nSPS) is 43.1. The third kappa shape index (κ3) is 1.20. The Labute approximate surface area is 69.8 Å². The third-order valence-corrected chi connectivity index (χ3v) is 3.29. The molecule has 1 nitrogen and oxygen atoms in total. The van der Waals surface area contributed by atoms with Crippen molar-refractivity contribution in [3.05, 3.63) is 0 Å². The highest BCUT2D eigenvalue weighted by atomic mass is 15.2. The van der Waals surface area contributed by atoms with Crippen LogP contribution in [0.4, 0.5) is 0 Å². The standard InChI is InChI=1S/C10H19N/c1-8(2)4-10-5-9(10)6-11(3)7-10/h8-9H,4-7H2,1-3H3. The molecule has 0 N–H and O–H groups in total. The zero-order valence-corrected chi connectivity index (χ0v) is 7.93. The van der Waals surface area contributed by atoms with Crippen LogP contribution in [0, 0.1) is 17.3 Å². The lowest BCUT2D eigenvalue weighted by Crippen LogP contribution is -2.20. The van der Waals surface area contributed by atoms with Crippen LogP contribution in [-0.2, 0) is 0 Å². The van der Waals surface area contributed by atoms with Crippen molar-refractivity contribution in [1.82, 2.24) is 4.90 Å². The largest absolute Gasteiger partial charge is 0.306 e. The predicted octanol–water partition coefficient (Wildman–Crippen LogP) is 1.98. The lowest BCUT2D eigenvalue weighted by atomic mass is 9.93. The van der Waals surface area contributed by atoms with E-state index < -0.39 is 0 Å². The topological polar surface area (TPSA) is 3.24 Å². The summed E-state index contributed by atoms with van der Waals surface area (Å²) in [6, 6.07) is 0. The Balaban J connectivity index is 1.94. The first-order chi connectivity index (χ1) is 5.12. The Bertz CT molecular complexity index is 164. The molecule has 2 aliphatic rings. The summed E-state index contributed by atoms with van der Waals surface area (Å²) in [7, 11) is 2.26. The van der Waals surface area contributed by atoms with Crippen LogP contribution in [-0.4, -0.2) is 25.0 Å². The van der Waals surface area contributed by atoms with E-state index in [1.807, 2.05) is 0 Å². The summed E-state index contributed by atoms with van der Waals surface area (Å²) >= 11 is 0. The fourth-order valence-corrected chi connectivity index (χ4v) is 2.99. The van der Waals surface area contributed by atoms with E-state index in [4.69, 9.17) is 0 Å². The van der Waals surface area contributed by atoms with Gasteiger partial charge in [-0.15, -0.1) is 0 Å². The van der Waals surface area contributed by atoms with E-state index in [1.54, 1.807) is 0 Å². The second-order valence-electron chi connectivity index (χ2n) is 5.06. The van der Waals surface area contributed by atoms with Crippen molar-refractivity contribution in [2.75, 3.05) is 20.1 Å². The maximum atomic E-state index is 2.50. The van der Waals surface area contributed by atoms with E-state index in [0.29, 0.717) is 0 Å². The summed E-state index contributed by atoms with van der Waals surface area (Å²) in [5.74, 6) is 1.96. The highest BCUT2D eigenvalue weighted by Crippen LogP contribution is 2.60. The van der Waals surface area contributed by atoms with Gasteiger partial charge < -0.3 is 4.90 Å². The molecule has 0 spiro atoms. The van der Waals surface area contributed by atoms with Gasteiger partial charge in [-0.3, -0.25) is 0 Å². The Kier molecular flexibility index (Phi) is 1.54. The Morgan fingerprint density at radius 3 is 2.73 bits per heavy atom. The van der Waals surface area contributed by atoms with Crippen molar-refractivity contribution in [1.29, 1.82) is 0 Å². The van der Waals surface area contributed by atoms with E-state index >= 15 is 0 Å². The highest BCUT2D eigenvalue weighted by molar-refractivity contribution is 5.09. The van der Waals surface area contributed by atoms with Gasteiger partial charge in [0.1, 0.15) is 0 Å². The molecule has 64 valence electrons. The minimum atomic E-state index is 0.781. The molecule has 1 aliphatic carbocycles. The number of piperidine rings is 1. The van der Waals surface area contributed by atoms with E-state index in [9.17, 15) is 0 Å². The Morgan fingerprint density at radius 1 is 1.55 bits per heavy atom. The summed E-state index contributed by atoms with van der Waals surface area (Å²) in [4.78, 5) is 2.50. The van der Waals surface area contributed by atoms with Crippen molar-refractivity contribution >= 4 is 0 Å². The molecule has 0 radical (unpaired) electrons. The van der Waals surface area contributed by atoms with Gasteiger partial charge in [-0.25, -0.2) is 0 Å². The number of likely N-dealkylation sites (tertiary alicyclic amines) is 1. The van der Waals surface area contributed by atoms with Crippen molar-refractivity contribution in [2.45, 2.75) is 26.7 Å². The summed E-state index contributed by atoms with van der Waals surface area (Å²) in [6.45, 7) is 7.44. The SMILES string of the molecule is CC(C)CC12CC1CN(C)C2. The molecule has 2 unspecified atom stereocenters. The number of hydrogen-bond acceptors (Lipinski definition) is 1. The smallest absolute Gasteiger partial charge is 0.00384 e. The summed E-state index contributed by atoms with van der Waals surface area (Å²) in [5, 5.41) is 0. The van der Waals surface area contributed by atoms with Gasteiger partial charge in [0.05, 0.1) is 0 Å².